The van der Waals surface area contributed by atoms with E-state index in [1.165, 1.54) is 0 Å². The molecule has 4 rings (SSSR count). The molecule has 1 amide bonds. The summed E-state index contributed by atoms with van der Waals surface area (Å²) in [6, 6.07) is 7.99. The number of halogens is 3. The molecule has 0 spiro atoms. The van der Waals surface area contributed by atoms with E-state index in [1.807, 2.05) is 0 Å². The number of hydrogen-bond donors (Lipinski definition) is 1. The predicted molar refractivity (Wildman–Crippen MR) is 112 cm³/mol. The molecule has 0 aliphatic carbocycles. The molecule has 1 N–H and O–H groups in total. The number of alkyl halides is 3. The zero-order chi connectivity index (χ0) is 23.2. The van der Waals surface area contributed by atoms with Crippen molar-refractivity contribution in [1.29, 1.82) is 0 Å². The van der Waals surface area contributed by atoms with Crippen molar-refractivity contribution in [1.82, 2.24) is 24.8 Å². The molecule has 32 heavy (non-hydrogen) atoms. The van der Waals surface area contributed by atoms with E-state index in [0.717, 1.165) is 28.4 Å². The number of fused-ring (bicyclic) bond motifs is 2. The van der Waals surface area contributed by atoms with Crippen molar-refractivity contribution in [3.05, 3.63) is 58.0 Å². The Labute approximate surface area is 179 Å². The van der Waals surface area contributed by atoms with Crippen LogP contribution in [0, 0.1) is 0 Å². The van der Waals surface area contributed by atoms with Gasteiger partial charge in [-0.25, -0.2) is 9.36 Å². The van der Waals surface area contributed by atoms with E-state index in [9.17, 15) is 22.8 Å². The molecule has 0 bridgehead atoms. The van der Waals surface area contributed by atoms with Crippen LogP contribution in [-0.4, -0.2) is 30.7 Å². The number of carbonyl (C=O) groups excluding carboxylic acids is 1. The number of hydrogen-bond acceptors (Lipinski definition) is 5. The number of rotatable bonds is 4. The summed E-state index contributed by atoms with van der Waals surface area (Å²) >= 11 is 0. The molecule has 0 radical (unpaired) electrons. The highest BCUT2D eigenvalue weighted by atomic mass is 19.4. The summed E-state index contributed by atoms with van der Waals surface area (Å²) in [7, 11) is 1.75. The molecule has 0 atom stereocenters. The van der Waals surface area contributed by atoms with Gasteiger partial charge in [-0.05, 0) is 42.3 Å². The van der Waals surface area contributed by atoms with Crippen LogP contribution in [0.15, 0.2) is 41.2 Å². The van der Waals surface area contributed by atoms with Gasteiger partial charge in [0.05, 0.1) is 22.2 Å². The maximum Gasteiger partial charge on any atom is 0.416 e. The number of carbonyl (C=O) groups is 1. The molecule has 0 aliphatic heterocycles. The Bertz CT molecular complexity index is 1400. The fourth-order valence-electron chi connectivity index (χ4n) is 3.48. The van der Waals surface area contributed by atoms with Crippen LogP contribution < -0.4 is 10.9 Å². The molecular formula is C21H19F3N6O2. The second-order valence-electron chi connectivity index (χ2n) is 7.73. The number of amides is 1. The summed E-state index contributed by atoms with van der Waals surface area (Å²) in [6.45, 7) is 3.12. The Morgan fingerprint density at radius 2 is 1.88 bits per heavy atom. The highest BCUT2D eigenvalue weighted by Gasteiger charge is 2.31. The Morgan fingerprint density at radius 3 is 2.56 bits per heavy atom. The van der Waals surface area contributed by atoms with Crippen LogP contribution in [0.1, 0.15) is 31.0 Å². The van der Waals surface area contributed by atoms with Gasteiger partial charge in [0.2, 0.25) is 5.91 Å². The first-order valence-electron chi connectivity index (χ1n) is 9.76. The number of nitrogens with zero attached hydrogens (tertiary/aromatic N) is 5. The van der Waals surface area contributed by atoms with Gasteiger partial charge in [-0.2, -0.15) is 18.3 Å². The molecule has 2 aromatic carbocycles. The first-order valence-corrected chi connectivity index (χ1v) is 9.76. The van der Waals surface area contributed by atoms with Gasteiger partial charge >= 0.3 is 6.18 Å². The molecule has 0 unspecified atom stereocenters. The third-order valence-corrected chi connectivity index (χ3v) is 5.05. The lowest BCUT2D eigenvalue weighted by molar-refractivity contribution is -0.137. The number of aryl methyl sites for hydroxylation is 1. The summed E-state index contributed by atoms with van der Waals surface area (Å²) in [4.78, 5) is 25.4. The van der Waals surface area contributed by atoms with E-state index >= 15 is 0 Å². The lowest BCUT2D eigenvalue weighted by Crippen LogP contribution is -2.31. The molecule has 2 heterocycles. The van der Waals surface area contributed by atoms with E-state index in [0.29, 0.717) is 16.9 Å². The third kappa shape index (κ3) is 3.93. The maximum atomic E-state index is 13.1. The topological polar surface area (TPSA) is 94.7 Å². The Morgan fingerprint density at radius 1 is 1.12 bits per heavy atom. The minimum absolute atomic E-state index is 0.0745. The highest BCUT2D eigenvalue weighted by Crippen LogP contribution is 2.32. The zero-order valence-corrected chi connectivity index (χ0v) is 17.4. The van der Waals surface area contributed by atoms with Gasteiger partial charge in [0.1, 0.15) is 12.1 Å². The van der Waals surface area contributed by atoms with E-state index in [2.05, 4.69) is 20.7 Å². The van der Waals surface area contributed by atoms with Crippen molar-refractivity contribution in [2.24, 2.45) is 7.05 Å². The van der Waals surface area contributed by atoms with Crippen molar-refractivity contribution in [3.63, 3.8) is 0 Å². The van der Waals surface area contributed by atoms with Gasteiger partial charge in [-0.15, -0.1) is 5.10 Å². The highest BCUT2D eigenvalue weighted by molar-refractivity contribution is 5.93. The van der Waals surface area contributed by atoms with Crippen molar-refractivity contribution in [2.75, 3.05) is 5.32 Å². The van der Waals surface area contributed by atoms with Crippen LogP contribution in [0.4, 0.5) is 18.9 Å². The first-order chi connectivity index (χ1) is 15.0. The van der Waals surface area contributed by atoms with E-state index in [4.69, 9.17) is 0 Å². The van der Waals surface area contributed by atoms with Gasteiger partial charge in [0, 0.05) is 18.1 Å². The molecule has 0 saturated heterocycles. The maximum absolute atomic E-state index is 13.1. The van der Waals surface area contributed by atoms with E-state index < -0.39 is 29.8 Å². The fourth-order valence-corrected chi connectivity index (χ4v) is 3.48. The van der Waals surface area contributed by atoms with Crippen LogP contribution in [0.3, 0.4) is 0 Å². The molecule has 0 fully saturated rings. The van der Waals surface area contributed by atoms with Crippen molar-refractivity contribution in [3.8, 4) is 0 Å². The van der Waals surface area contributed by atoms with Gasteiger partial charge < -0.3 is 5.32 Å². The Kier molecular flexibility index (Phi) is 5.19. The third-order valence-electron chi connectivity index (χ3n) is 5.05. The summed E-state index contributed by atoms with van der Waals surface area (Å²) in [5, 5.41) is 15.0. The van der Waals surface area contributed by atoms with Gasteiger partial charge in [-0.1, -0.05) is 19.1 Å². The minimum atomic E-state index is -4.54. The molecule has 2 aromatic heterocycles. The molecule has 8 nitrogen and oxygen atoms in total. The summed E-state index contributed by atoms with van der Waals surface area (Å²) < 4.78 is 42.0. The summed E-state index contributed by atoms with van der Waals surface area (Å²) in [5.74, 6) is -0.779. The second-order valence-corrected chi connectivity index (χ2v) is 7.73. The van der Waals surface area contributed by atoms with Crippen molar-refractivity contribution in [2.45, 2.75) is 32.5 Å². The molecule has 0 aliphatic rings. The number of benzene rings is 2. The summed E-state index contributed by atoms with van der Waals surface area (Å²) in [5.41, 5.74) is 0.653. The van der Waals surface area contributed by atoms with E-state index in [-0.39, 0.29) is 16.7 Å². The zero-order valence-electron chi connectivity index (χ0n) is 17.4. The van der Waals surface area contributed by atoms with Crippen molar-refractivity contribution < 1.29 is 18.0 Å². The first kappa shape index (κ1) is 21.5. The lowest BCUT2D eigenvalue weighted by Gasteiger charge is -2.15. The second kappa shape index (κ2) is 7.74. The number of anilines is 1. The Balaban J connectivity index is 1.67. The molecule has 4 aromatic rings. The fraction of sp³-hybridized carbons (Fsp3) is 0.286. The number of nitrogens with one attached hydrogen (secondary N) is 1. The minimum Gasteiger partial charge on any atom is -0.324 e. The predicted octanol–water partition coefficient (Wildman–Crippen LogP) is 3.46. The average Bonchev–Trinajstić information content (AvgIpc) is 3.09. The molecule has 0 saturated carbocycles. The van der Waals surface area contributed by atoms with Gasteiger partial charge in [0.15, 0.2) is 0 Å². The quantitative estimate of drug-likeness (QED) is 0.520. The normalized spacial score (nSPS) is 12.1. The van der Waals surface area contributed by atoms with Crippen LogP contribution in [-0.2, 0) is 24.6 Å². The number of aromatic nitrogens is 5. The van der Waals surface area contributed by atoms with Crippen LogP contribution in [0.2, 0.25) is 0 Å². The average molecular weight is 444 g/mol. The monoisotopic (exact) mass is 444 g/mol. The van der Waals surface area contributed by atoms with Gasteiger partial charge in [-0.3, -0.25) is 9.59 Å². The standard InChI is InChI=1S/C21H19F3N6O2/c1-11(2)19-15-8-12(21(22,23)24)4-6-14(15)20(32)30(27-19)10-18(31)25-13-5-7-17-16(9-13)26-28-29(17)3/h4-9,11H,10H2,1-3H3,(H,25,31). The van der Waals surface area contributed by atoms with Crippen LogP contribution in [0.5, 0.6) is 0 Å². The van der Waals surface area contributed by atoms with E-state index in [1.54, 1.807) is 43.8 Å². The molecule has 166 valence electrons. The van der Waals surface area contributed by atoms with Gasteiger partial charge in [0.25, 0.3) is 5.56 Å². The SMILES string of the molecule is CC(C)c1nn(CC(=O)Nc2ccc3c(c2)nnn3C)c(=O)c2ccc(C(F)(F)F)cc12. The smallest absolute Gasteiger partial charge is 0.324 e. The van der Waals surface area contributed by atoms with Crippen molar-refractivity contribution >= 4 is 33.4 Å². The largest absolute Gasteiger partial charge is 0.416 e. The van der Waals surface area contributed by atoms with Crippen LogP contribution in [0.25, 0.3) is 21.8 Å². The van der Waals surface area contributed by atoms with Crippen LogP contribution >= 0.6 is 0 Å². The molecule has 11 heteroatoms. The molecular weight excluding hydrogens is 425 g/mol. The lowest BCUT2D eigenvalue weighted by atomic mass is 10.0. The summed E-state index contributed by atoms with van der Waals surface area (Å²) in [6.07, 6.45) is -4.54. The Hall–Kier alpha value is -3.76.